The Morgan fingerprint density at radius 1 is 1.07 bits per heavy atom. The van der Waals surface area contributed by atoms with E-state index < -0.39 is 6.04 Å². The first-order valence-electron chi connectivity index (χ1n) is 9.42. The molecule has 2 aromatic carbocycles. The molecule has 28 heavy (non-hydrogen) atoms. The molecular weight excluding hydrogens is 418 g/mol. The Kier molecular flexibility index (Phi) is 6.14. The maximum Gasteiger partial charge on any atom is 0.245 e. The van der Waals surface area contributed by atoms with Crippen LogP contribution in [0.25, 0.3) is 0 Å². The molecule has 4 nitrogen and oxygen atoms in total. The van der Waals surface area contributed by atoms with E-state index in [-0.39, 0.29) is 22.0 Å². The number of carbonyl (C=O) groups excluding carboxylic acids is 1. The van der Waals surface area contributed by atoms with E-state index in [2.05, 4.69) is 29.8 Å². The Morgan fingerprint density at radius 3 is 2.32 bits per heavy atom. The van der Waals surface area contributed by atoms with Gasteiger partial charge < -0.3 is 0 Å². The van der Waals surface area contributed by atoms with Crippen molar-refractivity contribution in [3.8, 4) is 0 Å². The zero-order valence-electron chi connectivity index (χ0n) is 16.1. The summed E-state index contributed by atoms with van der Waals surface area (Å²) < 4.78 is 0.852. The van der Waals surface area contributed by atoms with Crippen molar-refractivity contribution in [1.82, 2.24) is 0 Å². The smallest absolute Gasteiger partial charge is 0.245 e. The summed E-state index contributed by atoms with van der Waals surface area (Å²) in [5.41, 5.74) is 2.45. The molecule has 0 amide bonds. The molecular formula is C23H24BrNO3. The van der Waals surface area contributed by atoms with Crippen LogP contribution < -0.4 is 0 Å². The fourth-order valence-corrected chi connectivity index (χ4v) is 4.79. The lowest BCUT2D eigenvalue weighted by atomic mass is 9.73. The lowest BCUT2D eigenvalue weighted by molar-refractivity contribution is -0.533. The average molecular weight is 442 g/mol. The number of halogens is 1. The van der Waals surface area contributed by atoms with E-state index in [1.165, 1.54) is 0 Å². The maximum absolute atomic E-state index is 12.2. The van der Waals surface area contributed by atoms with Gasteiger partial charge in [0.1, 0.15) is 0 Å². The number of carbonyl (C=O) groups is 1. The number of allylic oxidation sites excluding steroid dienone is 2. The third kappa shape index (κ3) is 4.76. The third-order valence-corrected chi connectivity index (χ3v) is 5.98. The zero-order chi connectivity index (χ0) is 20.3. The highest BCUT2D eigenvalue weighted by Gasteiger charge is 2.38. The summed E-state index contributed by atoms with van der Waals surface area (Å²) in [4.78, 5) is 24.2. The molecule has 1 aliphatic rings. The van der Waals surface area contributed by atoms with Gasteiger partial charge in [-0.15, -0.1) is 0 Å². The molecule has 2 atom stereocenters. The summed E-state index contributed by atoms with van der Waals surface area (Å²) in [6, 6.07) is 15.9. The molecule has 0 heterocycles. The van der Waals surface area contributed by atoms with Crippen LogP contribution >= 0.6 is 15.9 Å². The normalized spacial score (nSPS) is 18.2. The number of ketones is 1. The minimum absolute atomic E-state index is 0.106. The molecule has 2 aromatic rings. The van der Waals surface area contributed by atoms with E-state index in [4.69, 9.17) is 0 Å². The van der Waals surface area contributed by atoms with Crippen molar-refractivity contribution in [3.63, 3.8) is 0 Å². The van der Waals surface area contributed by atoms with Crippen molar-refractivity contribution in [2.24, 2.45) is 5.41 Å². The van der Waals surface area contributed by atoms with E-state index >= 15 is 0 Å². The number of hydrogen-bond acceptors (Lipinski definition) is 3. The second-order valence-corrected chi connectivity index (χ2v) is 9.11. The van der Waals surface area contributed by atoms with E-state index in [0.29, 0.717) is 18.4 Å². The highest BCUT2D eigenvalue weighted by atomic mass is 79.9. The topological polar surface area (TPSA) is 60.2 Å². The Bertz CT molecular complexity index is 905. The van der Waals surface area contributed by atoms with Crippen LogP contribution in [0.1, 0.15) is 56.2 Å². The summed E-state index contributed by atoms with van der Waals surface area (Å²) in [7, 11) is 0. The van der Waals surface area contributed by atoms with Crippen molar-refractivity contribution in [1.29, 1.82) is 0 Å². The summed E-state index contributed by atoms with van der Waals surface area (Å²) >= 11 is 3.58. The fraction of sp³-hybridized carbons (Fsp3) is 0.348. The fourth-order valence-electron chi connectivity index (χ4n) is 4.21. The molecule has 0 fully saturated rings. The summed E-state index contributed by atoms with van der Waals surface area (Å²) in [6.07, 6.45) is 3.49. The van der Waals surface area contributed by atoms with E-state index in [1.54, 1.807) is 6.08 Å². The van der Waals surface area contributed by atoms with E-state index in [9.17, 15) is 14.9 Å². The minimum Gasteiger partial charge on any atom is -0.295 e. The maximum atomic E-state index is 12.2. The molecule has 3 rings (SSSR count). The molecule has 5 heteroatoms. The van der Waals surface area contributed by atoms with Gasteiger partial charge in [-0.05, 0) is 36.0 Å². The van der Waals surface area contributed by atoms with Crippen molar-refractivity contribution in [2.75, 3.05) is 0 Å². The first-order chi connectivity index (χ1) is 13.3. The second kappa shape index (κ2) is 8.39. The standard InChI is InChI=1S/C23H24BrNO3/c1-23(2)14-16(12-18(26)15-23)13-20(19-10-6-7-11-21(19)24)22(25(27)28)17-8-4-3-5-9-17/h3-12,20,22H,13-15H2,1-2H3/t20-,22+/m1/s1. The van der Waals surface area contributed by atoms with Crippen LogP contribution in [-0.4, -0.2) is 10.7 Å². The molecule has 1 aliphatic carbocycles. The molecule has 0 radical (unpaired) electrons. The van der Waals surface area contributed by atoms with E-state index in [0.717, 1.165) is 22.0 Å². The molecule has 0 aromatic heterocycles. The van der Waals surface area contributed by atoms with Crippen molar-refractivity contribution in [2.45, 2.75) is 45.1 Å². The van der Waals surface area contributed by atoms with Crippen molar-refractivity contribution >= 4 is 21.7 Å². The number of nitro groups is 1. The largest absolute Gasteiger partial charge is 0.295 e. The predicted molar refractivity (Wildman–Crippen MR) is 114 cm³/mol. The number of hydrogen-bond donors (Lipinski definition) is 0. The van der Waals surface area contributed by atoms with Crippen LogP contribution in [0.4, 0.5) is 0 Å². The molecule has 0 saturated carbocycles. The Hall–Kier alpha value is -2.27. The molecule has 0 saturated heterocycles. The van der Waals surface area contributed by atoms with Gasteiger partial charge in [0.2, 0.25) is 6.04 Å². The van der Waals surface area contributed by atoms with Gasteiger partial charge in [0.25, 0.3) is 0 Å². The Balaban J connectivity index is 2.06. The minimum atomic E-state index is -0.888. The van der Waals surface area contributed by atoms with Gasteiger partial charge >= 0.3 is 0 Å². The number of benzene rings is 2. The highest BCUT2D eigenvalue weighted by Crippen LogP contribution is 2.44. The quantitative estimate of drug-likeness (QED) is 0.392. The predicted octanol–water partition coefficient (Wildman–Crippen LogP) is 6.26. The molecule has 0 aliphatic heterocycles. The zero-order valence-corrected chi connectivity index (χ0v) is 17.7. The molecule has 0 bridgehead atoms. The van der Waals surface area contributed by atoms with Crippen LogP contribution in [0.5, 0.6) is 0 Å². The lowest BCUT2D eigenvalue weighted by Crippen LogP contribution is -2.25. The molecule has 0 N–H and O–H groups in total. The summed E-state index contributed by atoms with van der Waals surface area (Å²) in [5.74, 6) is -0.268. The van der Waals surface area contributed by atoms with Crippen LogP contribution in [0.2, 0.25) is 0 Å². The summed E-state index contributed by atoms with van der Waals surface area (Å²) in [6.45, 7) is 4.15. The molecule has 0 spiro atoms. The van der Waals surface area contributed by atoms with Crippen LogP contribution in [0.3, 0.4) is 0 Å². The van der Waals surface area contributed by atoms with Gasteiger partial charge in [-0.3, -0.25) is 14.9 Å². The molecule has 0 unspecified atom stereocenters. The lowest BCUT2D eigenvalue weighted by Gasteiger charge is -2.31. The Morgan fingerprint density at radius 2 is 1.71 bits per heavy atom. The monoisotopic (exact) mass is 441 g/mol. The van der Waals surface area contributed by atoms with E-state index in [1.807, 2.05) is 54.6 Å². The second-order valence-electron chi connectivity index (χ2n) is 8.26. The van der Waals surface area contributed by atoms with Gasteiger partial charge in [-0.2, -0.15) is 0 Å². The van der Waals surface area contributed by atoms with Crippen LogP contribution in [-0.2, 0) is 4.79 Å². The average Bonchev–Trinajstić information content (AvgIpc) is 2.60. The van der Waals surface area contributed by atoms with Gasteiger partial charge in [-0.25, -0.2) is 0 Å². The van der Waals surface area contributed by atoms with Crippen LogP contribution in [0.15, 0.2) is 70.7 Å². The van der Waals surface area contributed by atoms with Crippen molar-refractivity contribution in [3.05, 3.63) is 92.0 Å². The molecule has 146 valence electrons. The van der Waals surface area contributed by atoms with Crippen molar-refractivity contribution < 1.29 is 9.72 Å². The first kappa shape index (κ1) is 20.5. The summed E-state index contributed by atoms with van der Waals surface area (Å²) in [5, 5.41) is 12.2. The van der Waals surface area contributed by atoms with Gasteiger partial charge in [0, 0.05) is 21.4 Å². The Labute approximate surface area is 173 Å². The SMILES string of the molecule is CC1(C)CC(=O)C=C(C[C@H](c2ccccc2Br)[C@H](c2ccccc2)[N+](=O)[O-])C1. The van der Waals surface area contributed by atoms with Crippen LogP contribution in [0, 0.1) is 15.5 Å². The van der Waals surface area contributed by atoms with Gasteiger partial charge in [0.15, 0.2) is 5.78 Å². The highest BCUT2D eigenvalue weighted by molar-refractivity contribution is 9.10. The van der Waals surface area contributed by atoms with Gasteiger partial charge in [0.05, 0.1) is 5.92 Å². The number of rotatable bonds is 6. The number of nitrogens with zero attached hydrogens (tertiary/aromatic N) is 1. The third-order valence-electron chi connectivity index (χ3n) is 5.26. The first-order valence-corrected chi connectivity index (χ1v) is 10.2. The van der Waals surface area contributed by atoms with Gasteiger partial charge in [-0.1, -0.05) is 83.9 Å².